The second-order valence-electron chi connectivity index (χ2n) is 7.42. The number of nitrogens with zero attached hydrogens (tertiary/aromatic N) is 2. The lowest BCUT2D eigenvalue weighted by Gasteiger charge is -2.41. The quantitative estimate of drug-likeness (QED) is 0.731. The highest BCUT2D eigenvalue weighted by Crippen LogP contribution is 2.30. The number of carbonyl (C=O) groups excluding carboxylic acids is 1. The minimum atomic E-state index is -0.295. The maximum absolute atomic E-state index is 12.8. The molecule has 1 aromatic heterocycles. The summed E-state index contributed by atoms with van der Waals surface area (Å²) in [6.07, 6.45) is 2.22. The summed E-state index contributed by atoms with van der Waals surface area (Å²) in [6, 6.07) is 1.79. The van der Waals surface area contributed by atoms with Gasteiger partial charge in [-0.1, -0.05) is 0 Å². The van der Waals surface area contributed by atoms with Crippen LogP contribution in [-0.4, -0.2) is 22.4 Å². The third-order valence-electron chi connectivity index (χ3n) is 3.73. The van der Waals surface area contributed by atoms with Gasteiger partial charge in [0.05, 0.1) is 0 Å². The van der Waals surface area contributed by atoms with Crippen molar-refractivity contribution >= 4 is 11.5 Å². The fraction of sp³-hybridized carbons (Fsp3) is 0.625. The fourth-order valence-corrected chi connectivity index (χ4v) is 2.67. The molecule has 0 aromatic carbocycles. The van der Waals surface area contributed by atoms with Crippen LogP contribution in [0.5, 0.6) is 0 Å². The third kappa shape index (κ3) is 2.39. The summed E-state index contributed by atoms with van der Waals surface area (Å²) in [5.41, 5.74) is 0.586. The second kappa shape index (κ2) is 4.47. The summed E-state index contributed by atoms with van der Waals surface area (Å²) in [7, 11) is 0. The van der Waals surface area contributed by atoms with Crippen molar-refractivity contribution in [1.82, 2.24) is 4.57 Å². The van der Waals surface area contributed by atoms with Gasteiger partial charge in [0, 0.05) is 35.8 Å². The van der Waals surface area contributed by atoms with Crippen molar-refractivity contribution in [2.45, 2.75) is 59.0 Å². The summed E-state index contributed by atoms with van der Waals surface area (Å²) in [5, 5.41) is 0. The molecule has 1 aromatic rings. The number of rotatable bonds is 0. The minimum absolute atomic E-state index is 0.0682. The first-order valence-corrected chi connectivity index (χ1v) is 7.10. The van der Waals surface area contributed by atoms with Crippen LogP contribution in [0.1, 0.15) is 58.3 Å². The van der Waals surface area contributed by atoms with Crippen LogP contribution in [0.4, 0.5) is 5.69 Å². The number of carbonyl (C=O) groups is 1. The monoisotopic (exact) mass is 276 g/mol. The molecule has 1 aliphatic rings. The zero-order valence-corrected chi connectivity index (χ0v) is 13.3. The predicted molar refractivity (Wildman–Crippen MR) is 81.7 cm³/mol. The molecule has 0 aliphatic carbocycles. The molecule has 0 N–H and O–H groups in total. The van der Waals surface area contributed by atoms with Gasteiger partial charge in [0.25, 0.3) is 5.56 Å². The molecule has 2 heterocycles. The Kier molecular flexibility index (Phi) is 3.31. The first-order chi connectivity index (χ1) is 9.03. The molecule has 0 amide bonds. The molecule has 0 unspecified atom stereocenters. The fourth-order valence-electron chi connectivity index (χ4n) is 2.67. The molecule has 20 heavy (non-hydrogen) atoms. The van der Waals surface area contributed by atoms with Crippen LogP contribution in [0, 0.1) is 0 Å². The average molecular weight is 276 g/mol. The molecule has 4 heteroatoms. The lowest BCUT2D eigenvalue weighted by Crippen LogP contribution is -2.50. The van der Waals surface area contributed by atoms with Gasteiger partial charge < -0.3 is 9.47 Å². The van der Waals surface area contributed by atoms with E-state index in [0.717, 1.165) is 0 Å². The van der Waals surface area contributed by atoms with Crippen LogP contribution < -0.4 is 10.5 Å². The van der Waals surface area contributed by atoms with E-state index in [-0.39, 0.29) is 22.4 Å². The molecule has 2 rings (SSSR count). The molecule has 0 atom stereocenters. The van der Waals surface area contributed by atoms with Crippen LogP contribution in [0.2, 0.25) is 0 Å². The Balaban J connectivity index is 2.74. The number of pyridine rings is 1. The number of Topliss-reactive ketones (excluding diaryl/α,β-unsaturated/α-hetero) is 1. The molecule has 0 bridgehead atoms. The Morgan fingerprint density at radius 1 is 1.00 bits per heavy atom. The highest BCUT2D eigenvalue weighted by Gasteiger charge is 2.34. The summed E-state index contributed by atoms with van der Waals surface area (Å²) in [4.78, 5) is 27.0. The van der Waals surface area contributed by atoms with E-state index < -0.39 is 0 Å². The van der Waals surface area contributed by atoms with Crippen LogP contribution in [0.15, 0.2) is 17.1 Å². The Morgan fingerprint density at radius 3 is 2.10 bits per heavy atom. The summed E-state index contributed by atoms with van der Waals surface area (Å²) in [6.45, 7) is 12.8. The number of hydrogen-bond acceptors (Lipinski definition) is 3. The molecule has 0 saturated heterocycles. The Morgan fingerprint density at radius 2 is 1.60 bits per heavy atom. The zero-order chi connectivity index (χ0) is 15.3. The van der Waals surface area contributed by atoms with Crippen LogP contribution >= 0.6 is 0 Å². The number of aromatic nitrogens is 1. The Hall–Kier alpha value is -1.58. The minimum Gasteiger partial charge on any atom is -0.361 e. The van der Waals surface area contributed by atoms with Gasteiger partial charge in [0.2, 0.25) is 0 Å². The Labute approximate surface area is 120 Å². The van der Waals surface area contributed by atoms with E-state index in [2.05, 4.69) is 25.7 Å². The third-order valence-corrected chi connectivity index (χ3v) is 3.73. The maximum Gasteiger partial charge on any atom is 0.275 e. The van der Waals surface area contributed by atoms with Gasteiger partial charge >= 0.3 is 0 Å². The lowest BCUT2D eigenvalue weighted by atomic mass is 9.95. The topological polar surface area (TPSA) is 42.3 Å². The van der Waals surface area contributed by atoms with Crippen LogP contribution in [0.25, 0.3) is 0 Å². The molecule has 1 aliphatic heterocycles. The van der Waals surface area contributed by atoms with E-state index in [1.54, 1.807) is 16.8 Å². The first-order valence-electron chi connectivity index (χ1n) is 7.10. The van der Waals surface area contributed by atoms with Crippen molar-refractivity contribution < 1.29 is 4.79 Å². The molecular weight excluding hydrogens is 252 g/mol. The molecule has 0 saturated carbocycles. The molecule has 0 spiro atoms. The Bertz CT molecular complexity index is 600. The molecule has 4 nitrogen and oxygen atoms in total. The predicted octanol–water partition coefficient (Wildman–Crippen LogP) is 2.79. The second-order valence-corrected chi connectivity index (χ2v) is 7.42. The highest BCUT2D eigenvalue weighted by molar-refractivity contribution is 6.03. The number of hydrogen-bond donors (Lipinski definition) is 0. The highest BCUT2D eigenvalue weighted by atomic mass is 16.1. The summed E-state index contributed by atoms with van der Waals surface area (Å²) < 4.78 is 1.71. The summed E-state index contributed by atoms with van der Waals surface area (Å²) >= 11 is 0. The van der Waals surface area contributed by atoms with E-state index >= 15 is 0 Å². The van der Waals surface area contributed by atoms with Crippen molar-refractivity contribution in [3.05, 3.63) is 28.2 Å². The van der Waals surface area contributed by atoms with E-state index in [1.807, 2.05) is 20.8 Å². The summed E-state index contributed by atoms with van der Waals surface area (Å²) in [5.74, 6) is 0.0682. The van der Waals surface area contributed by atoms with E-state index in [9.17, 15) is 9.59 Å². The first kappa shape index (κ1) is 14.8. The zero-order valence-electron chi connectivity index (χ0n) is 13.3. The van der Waals surface area contributed by atoms with Crippen molar-refractivity contribution in [3.8, 4) is 0 Å². The van der Waals surface area contributed by atoms with Gasteiger partial charge in [-0.15, -0.1) is 0 Å². The smallest absolute Gasteiger partial charge is 0.275 e. The average Bonchev–Trinajstić information content (AvgIpc) is 2.27. The van der Waals surface area contributed by atoms with Gasteiger partial charge in [0.1, 0.15) is 5.69 Å². The largest absolute Gasteiger partial charge is 0.361 e. The van der Waals surface area contributed by atoms with Crippen molar-refractivity contribution in [3.63, 3.8) is 0 Å². The maximum atomic E-state index is 12.8. The standard InChI is InChI=1S/C16H24N2O2/c1-15(2,3)17-10-8-12(19)11-7-9-18(16(4,5)6)14(20)13(11)17/h7,9H,8,10H2,1-6H3. The number of fused-ring (bicyclic) bond motifs is 1. The van der Waals surface area contributed by atoms with Gasteiger partial charge in [-0.05, 0) is 47.6 Å². The normalized spacial score (nSPS) is 16.3. The molecular formula is C16H24N2O2. The van der Waals surface area contributed by atoms with Gasteiger partial charge in [-0.3, -0.25) is 9.59 Å². The van der Waals surface area contributed by atoms with E-state index in [1.165, 1.54) is 0 Å². The van der Waals surface area contributed by atoms with Crippen molar-refractivity contribution in [1.29, 1.82) is 0 Å². The van der Waals surface area contributed by atoms with Crippen molar-refractivity contribution in [2.24, 2.45) is 0 Å². The van der Waals surface area contributed by atoms with Crippen LogP contribution in [-0.2, 0) is 5.54 Å². The molecule has 110 valence electrons. The number of anilines is 1. The van der Waals surface area contributed by atoms with Gasteiger partial charge in [0.15, 0.2) is 5.78 Å². The molecule has 0 radical (unpaired) electrons. The SMILES string of the molecule is CC(C)(C)N1CCC(=O)c2ccn(C(C)(C)C)c(=O)c21. The lowest BCUT2D eigenvalue weighted by molar-refractivity contribution is 0.0977. The number of ketones is 1. The van der Waals surface area contributed by atoms with E-state index in [0.29, 0.717) is 24.2 Å². The van der Waals surface area contributed by atoms with E-state index in [4.69, 9.17) is 0 Å². The van der Waals surface area contributed by atoms with Crippen LogP contribution in [0.3, 0.4) is 0 Å². The molecule has 0 fully saturated rings. The van der Waals surface area contributed by atoms with Crippen molar-refractivity contribution in [2.75, 3.05) is 11.4 Å². The van der Waals surface area contributed by atoms with Gasteiger partial charge in [-0.25, -0.2) is 0 Å². The van der Waals surface area contributed by atoms with Gasteiger partial charge in [-0.2, -0.15) is 0 Å².